The van der Waals surface area contributed by atoms with Crippen molar-refractivity contribution in [3.63, 3.8) is 0 Å². The van der Waals surface area contributed by atoms with Gasteiger partial charge in [0.2, 0.25) is 11.0 Å². The number of hydrogen-bond donors (Lipinski definition) is 2. The molecular weight excluding hydrogens is 423 g/mol. The second-order valence-corrected chi connectivity index (χ2v) is 9.13. The topological polar surface area (TPSA) is 84.0 Å². The maximum atomic E-state index is 13.3. The molecule has 3 rings (SSSR count). The van der Waals surface area contributed by atoms with Gasteiger partial charge < -0.3 is 10.6 Å². The van der Waals surface area contributed by atoms with Crippen molar-refractivity contribution >= 4 is 45.6 Å². The molecule has 0 fully saturated rings. The van der Waals surface area contributed by atoms with Crippen molar-refractivity contribution in [3.05, 3.63) is 65.5 Å². The van der Waals surface area contributed by atoms with Crippen LogP contribution in [0, 0.1) is 5.82 Å². The van der Waals surface area contributed by atoms with E-state index in [9.17, 15) is 14.0 Å². The van der Waals surface area contributed by atoms with Crippen molar-refractivity contribution in [2.75, 3.05) is 11.9 Å². The highest BCUT2D eigenvalue weighted by Crippen LogP contribution is 2.31. The van der Waals surface area contributed by atoms with Crippen molar-refractivity contribution < 1.29 is 14.0 Å². The van der Waals surface area contributed by atoms with Gasteiger partial charge in [-0.3, -0.25) is 9.59 Å². The second-order valence-electron chi connectivity index (χ2n) is 6.56. The summed E-state index contributed by atoms with van der Waals surface area (Å²) in [5.41, 5.74) is 2.27. The number of carbonyl (C=O) groups is 2. The van der Waals surface area contributed by atoms with Gasteiger partial charge in [-0.25, -0.2) is 4.39 Å². The number of benzene rings is 2. The largest absolute Gasteiger partial charge is 0.356 e. The molecule has 3 aromatic rings. The van der Waals surface area contributed by atoms with Gasteiger partial charge in [-0.2, -0.15) is 0 Å². The van der Waals surface area contributed by atoms with Gasteiger partial charge in [0.25, 0.3) is 0 Å². The van der Waals surface area contributed by atoms with E-state index in [1.807, 2.05) is 19.1 Å². The minimum Gasteiger partial charge on any atom is -0.356 e. The van der Waals surface area contributed by atoms with Gasteiger partial charge in [-0.1, -0.05) is 53.4 Å². The standard InChI is InChI=1S/C21H21FN4O2S2/c1-13(19(28)16-8-6-15(7-9-16)10-11-23-14(2)27)29-21-26-25-20(30-21)24-18-5-3-4-17(22)12-18/h3-9,12-13H,10-11H2,1-2H3,(H,23,27)(H,24,25). The highest BCUT2D eigenvalue weighted by atomic mass is 32.2. The van der Waals surface area contributed by atoms with Crippen LogP contribution in [0.3, 0.4) is 0 Å². The SMILES string of the molecule is CC(=O)NCCc1ccc(C(=O)C(C)Sc2nnc(Nc3cccc(F)c3)s2)cc1. The average molecular weight is 445 g/mol. The van der Waals surface area contributed by atoms with E-state index >= 15 is 0 Å². The molecule has 2 N–H and O–H groups in total. The third-order valence-corrected chi connectivity index (χ3v) is 6.18. The zero-order valence-corrected chi connectivity index (χ0v) is 18.1. The van der Waals surface area contributed by atoms with Gasteiger partial charge in [-0.05, 0) is 37.1 Å². The summed E-state index contributed by atoms with van der Waals surface area (Å²) in [4.78, 5) is 23.6. The monoisotopic (exact) mass is 444 g/mol. The first kappa shape index (κ1) is 21.9. The Balaban J connectivity index is 1.55. The molecule has 9 heteroatoms. The predicted octanol–water partition coefficient (Wildman–Crippen LogP) is 4.46. The predicted molar refractivity (Wildman–Crippen MR) is 118 cm³/mol. The number of amides is 1. The summed E-state index contributed by atoms with van der Waals surface area (Å²) in [6.45, 7) is 3.88. The minimum absolute atomic E-state index is 0.00301. The van der Waals surface area contributed by atoms with Crippen molar-refractivity contribution in [2.24, 2.45) is 0 Å². The van der Waals surface area contributed by atoms with Crippen LogP contribution in [0.1, 0.15) is 29.8 Å². The highest BCUT2D eigenvalue weighted by Gasteiger charge is 2.19. The van der Waals surface area contributed by atoms with Gasteiger partial charge in [0, 0.05) is 24.7 Å². The molecule has 1 aromatic heterocycles. The Labute approximate surface area is 182 Å². The quantitative estimate of drug-likeness (QED) is 0.374. The van der Waals surface area contributed by atoms with Gasteiger partial charge in [0.15, 0.2) is 10.1 Å². The first-order valence-electron chi connectivity index (χ1n) is 9.31. The lowest BCUT2D eigenvalue weighted by atomic mass is 10.0. The van der Waals surface area contributed by atoms with Crippen molar-refractivity contribution in [2.45, 2.75) is 29.9 Å². The third kappa shape index (κ3) is 6.36. The average Bonchev–Trinajstić information content (AvgIpc) is 3.14. The minimum atomic E-state index is -0.334. The van der Waals surface area contributed by atoms with Crippen LogP contribution in [0.5, 0.6) is 0 Å². The van der Waals surface area contributed by atoms with E-state index in [1.54, 1.807) is 24.3 Å². The molecule has 0 spiro atoms. The zero-order chi connectivity index (χ0) is 21.5. The molecule has 1 atom stereocenters. The molecule has 0 aliphatic heterocycles. The fourth-order valence-electron chi connectivity index (χ4n) is 2.66. The summed E-state index contributed by atoms with van der Waals surface area (Å²) in [6, 6.07) is 13.5. The number of carbonyl (C=O) groups excluding carboxylic acids is 2. The highest BCUT2D eigenvalue weighted by molar-refractivity contribution is 8.02. The lowest BCUT2D eigenvalue weighted by Crippen LogP contribution is -2.22. The molecule has 1 heterocycles. The molecule has 0 aliphatic carbocycles. The van der Waals surface area contributed by atoms with E-state index in [4.69, 9.17) is 0 Å². The number of Topliss-reactive ketones (excluding diaryl/α,β-unsaturated/α-hetero) is 1. The molecule has 0 bridgehead atoms. The van der Waals surface area contributed by atoms with Crippen molar-refractivity contribution in [1.82, 2.24) is 15.5 Å². The molecule has 0 radical (unpaired) electrons. The Morgan fingerprint density at radius 1 is 1.17 bits per heavy atom. The Morgan fingerprint density at radius 2 is 1.93 bits per heavy atom. The normalized spacial score (nSPS) is 11.7. The summed E-state index contributed by atoms with van der Waals surface area (Å²) in [5, 5.41) is 14.1. The van der Waals surface area contributed by atoms with Crippen LogP contribution in [0.2, 0.25) is 0 Å². The number of halogens is 1. The van der Waals surface area contributed by atoms with E-state index < -0.39 is 0 Å². The summed E-state index contributed by atoms with van der Waals surface area (Å²) in [5.74, 6) is -0.388. The molecular formula is C21H21FN4O2S2. The number of hydrogen-bond acceptors (Lipinski definition) is 7. The van der Waals surface area contributed by atoms with Crippen LogP contribution in [0.4, 0.5) is 15.2 Å². The van der Waals surface area contributed by atoms with E-state index in [0.717, 1.165) is 5.56 Å². The molecule has 6 nitrogen and oxygen atoms in total. The van der Waals surface area contributed by atoms with E-state index in [1.165, 1.54) is 42.2 Å². The van der Waals surface area contributed by atoms with Gasteiger partial charge in [-0.15, -0.1) is 10.2 Å². The van der Waals surface area contributed by atoms with E-state index in [2.05, 4.69) is 20.8 Å². The fourth-order valence-corrected chi connectivity index (χ4v) is 4.65. The van der Waals surface area contributed by atoms with E-state index in [0.29, 0.717) is 33.7 Å². The smallest absolute Gasteiger partial charge is 0.216 e. The summed E-state index contributed by atoms with van der Waals surface area (Å²) >= 11 is 2.64. The first-order valence-corrected chi connectivity index (χ1v) is 11.0. The Morgan fingerprint density at radius 3 is 2.63 bits per heavy atom. The molecule has 1 unspecified atom stereocenters. The second kappa shape index (κ2) is 10.3. The number of anilines is 2. The van der Waals surface area contributed by atoms with Crippen molar-refractivity contribution in [1.29, 1.82) is 0 Å². The lowest BCUT2D eigenvalue weighted by Gasteiger charge is -2.09. The maximum absolute atomic E-state index is 13.3. The van der Waals surface area contributed by atoms with Crippen LogP contribution in [0.15, 0.2) is 52.9 Å². The summed E-state index contributed by atoms with van der Waals surface area (Å²) in [7, 11) is 0. The number of nitrogens with one attached hydrogen (secondary N) is 2. The van der Waals surface area contributed by atoms with E-state index in [-0.39, 0.29) is 22.8 Å². The fraction of sp³-hybridized carbons (Fsp3) is 0.238. The molecule has 30 heavy (non-hydrogen) atoms. The van der Waals surface area contributed by atoms with Gasteiger partial charge >= 0.3 is 0 Å². The molecule has 0 saturated heterocycles. The summed E-state index contributed by atoms with van der Waals surface area (Å²) in [6.07, 6.45) is 0.713. The van der Waals surface area contributed by atoms with Crippen LogP contribution in [-0.2, 0) is 11.2 Å². The van der Waals surface area contributed by atoms with Gasteiger partial charge in [0.05, 0.1) is 5.25 Å². The van der Waals surface area contributed by atoms with Crippen LogP contribution >= 0.6 is 23.1 Å². The zero-order valence-electron chi connectivity index (χ0n) is 16.5. The number of rotatable bonds is 9. The number of nitrogens with zero attached hydrogens (tertiary/aromatic N) is 2. The Bertz CT molecular complexity index is 1020. The summed E-state index contributed by atoms with van der Waals surface area (Å²) < 4.78 is 13.9. The third-order valence-electron chi connectivity index (χ3n) is 4.16. The Kier molecular flexibility index (Phi) is 7.53. The molecule has 156 valence electrons. The van der Waals surface area contributed by atoms with Crippen molar-refractivity contribution in [3.8, 4) is 0 Å². The number of thioether (sulfide) groups is 1. The van der Waals surface area contributed by atoms with Gasteiger partial charge in [0.1, 0.15) is 5.82 Å². The molecule has 1 amide bonds. The number of ketones is 1. The number of aromatic nitrogens is 2. The maximum Gasteiger partial charge on any atom is 0.216 e. The van der Waals surface area contributed by atoms with Crippen LogP contribution in [0.25, 0.3) is 0 Å². The lowest BCUT2D eigenvalue weighted by molar-refractivity contribution is -0.118. The Hall–Kier alpha value is -2.78. The molecule has 2 aromatic carbocycles. The molecule has 0 aliphatic rings. The first-order chi connectivity index (χ1) is 14.4. The molecule has 0 saturated carbocycles. The van der Waals surface area contributed by atoms with Crippen LogP contribution in [-0.4, -0.2) is 33.7 Å². The van der Waals surface area contributed by atoms with Crippen LogP contribution < -0.4 is 10.6 Å².